The zero-order valence-electron chi connectivity index (χ0n) is 15.0. The van der Waals surface area contributed by atoms with Crippen LogP contribution in [-0.4, -0.2) is 17.6 Å². The topological polar surface area (TPSA) is 50.4 Å². The van der Waals surface area contributed by atoms with Crippen molar-refractivity contribution in [3.05, 3.63) is 95.0 Å². The molecule has 0 bridgehead atoms. The summed E-state index contributed by atoms with van der Waals surface area (Å²) in [6.07, 6.45) is 0.826. The predicted octanol–water partition coefficient (Wildman–Crippen LogP) is 5.09. The molecule has 0 aromatic heterocycles. The number of thiocarbonyl (C=S) groups is 1. The molecule has 2 N–H and O–H groups in total. The molecule has 0 atom stereocenters. The summed E-state index contributed by atoms with van der Waals surface area (Å²) in [6.45, 7) is 0.573. The fourth-order valence-electron chi connectivity index (χ4n) is 2.54. The zero-order chi connectivity index (χ0) is 19.8. The quantitative estimate of drug-likeness (QED) is 0.556. The second kappa shape index (κ2) is 9.88. The smallest absolute Gasteiger partial charge is 0.257 e. The predicted molar refractivity (Wildman–Crippen MR) is 117 cm³/mol. The number of rotatable bonds is 6. The average Bonchev–Trinajstić information content (AvgIpc) is 2.69. The largest absolute Gasteiger partial charge is 0.493 e. The van der Waals surface area contributed by atoms with E-state index >= 15 is 0 Å². The summed E-state index contributed by atoms with van der Waals surface area (Å²) in [4.78, 5) is 12.3. The van der Waals surface area contributed by atoms with Gasteiger partial charge in [-0.3, -0.25) is 10.1 Å². The van der Waals surface area contributed by atoms with Gasteiger partial charge in [-0.25, -0.2) is 0 Å². The van der Waals surface area contributed by atoms with E-state index in [0.29, 0.717) is 28.6 Å². The van der Waals surface area contributed by atoms with Crippen molar-refractivity contribution in [2.24, 2.45) is 0 Å². The molecular weight excluding hydrogens is 392 g/mol. The van der Waals surface area contributed by atoms with Crippen LogP contribution in [0.2, 0.25) is 5.02 Å². The van der Waals surface area contributed by atoms with E-state index in [1.165, 1.54) is 5.56 Å². The Kier molecular flexibility index (Phi) is 7.00. The minimum atomic E-state index is -0.296. The summed E-state index contributed by atoms with van der Waals surface area (Å²) in [5, 5.41) is 6.36. The standard InChI is InChI=1S/C22H19ClN2O2S/c23-18-7-4-8-19(15-18)24-22(28)25-21(26)17-9-11-20(12-10-17)27-14-13-16-5-2-1-3-6-16/h1-12,15H,13-14H2,(H2,24,25,26,28). The van der Waals surface area contributed by atoms with E-state index in [2.05, 4.69) is 22.8 Å². The molecule has 0 saturated carbocycles. The van der Waals surface area contributed by atoms with Crippen LogP contribution >= 0.6 is 23.8 Å². The molecule has 6 heteroatoms. The fraction of sp³-hybridized carbons (Fsp3) is 0.0909. The lowest BCUT2D eigenvalue weighted by Crippen LogP contribution is -2.34. The lowest BCUT2D eigenvalue weighted by Gasteiger charge is -2.10. The third-order valence-corrected chi connectivity index (χ3v) is 4.37. The highest BCUT2D eigenvalue weighted by Gasteiger charge is 2.08. The number of ether oxygens (including phenoxy) is 1. The highest BCUT2D eigenvalue weighted by molar-refractivity contribution is 7.80. The second-order valence-electron chi connectivity index (χ2n) is 6.03. The Labute approximate surface area is 174 Å². The van der Waals surface area contributed by atoms with E-state index in [9.17, 15) is 4.79 Å². The minimum absolute atomic E-state index is 0.204. The van der Waals surface area contributed by atoms with Gasteiger partial charge in [-0.2, -0.15) is 0 Å². The second-order valence-corrected chi connectivity index (χ2v) is 6.87. The summed E-state index contributed by atoms with van der Waals surface area (Å²) >= 11 is 11.1. The molecule has 0 radical (unpaired) electrons. The fourth-order valence-corrected chi connectivity index (χ4v) is 2.94. The van der Waals surface area contributed by atoms with Crippen molar-refractivity contribution in [1.82, 2.24) is 5.32 Å². The average molecular weight is 411 g/mol. The highest BCUT2D eigenvalue weighted by atomic mass is 35.5. The minimum Gasteiger partial charge on any atom is -0.493 e. The molecule has 3 rings (SSSR count). The monoisotopic (exact) mass is 410 g/mol. The number of hydrogen-bond acceptors (Lipinski definition) is 3. The van der Waals surface area contributed by atoms with Crippen LogP contribution in [0.3, 0.4) is 0 Å². The van der Waals surface area contributed by atoms with Gasteiger partial charge in [0, 0.05) is 22.7 Å². The zero-order valence-corrected chi connectivity index (χ0v) is 16.6. The molecule has 0 aliphatic carbocycles. The van der Waals surface area contributed by atoms with Crippen molar-refractivity contribution < 1.29 is 9.53 Å². The van der Waals surface area contributed by atoms with Crippen LogP contribution in [0.15, 0.2) is 78.9 Å². The molecule has 3 aromatic carbocycles. The molecule has 142 valence electrons. The lowest BCUT2D eigenvalue weighted by molar-refractivity contribution is 0.0977. The first-order valence-corrected chi connectivity index (χ1v) is 9.53. The van der Waals surface area contributed by atoms with Crippen molar-refractivity contribution in [2.45, 2.75) is 6.42 Å². The van der Waals surface area contributed by atoms with Gasteiger partial charge < -0.3 is 10.1 Å². The van der Waals surface area contributed by atoms with Crippen LogP contribution in [0.4, 0.5) is 5.69 Å². The Morgan fingerprint density at radius 2 is 1.71 bits per heavy atom. The number of nitrogens with one attached hydrogen (secondary N) is 2. The molecule has 0 aliphatic rings. The summed E-state index contributed by atoms with van der Waals surface area (Å²) in [7, 11) is 0. The summed E-state index contributed by atoms with van der Waals surface area (Å²) in [5.74, 6) is 0.419. The first-order chi connectivity index (χ1) is 13.6. The number of halogens is 1. The van der Waals surface area contributed by atoms with Gasteiger partial charge in [-0.05, 0) is 60.2 Å². The van der Waals surface area contributed by atoms with Crippen molar-refractivity contribution in [3.63, 3.8) is 0 Å². The van der Waals surface area contributed by atoms with Gasteiger partial charge in [0.2, 0.25) is 0 Å². The van der Waals surface area contributed by atoms with Crippen LogP contribution in [-0.2, 0) is 6.42 Å². The van der Waals surface area contributed by atoms with Gasteiger partial charge in [0.25, 0.3) is 5.91 Å². The normalized spacial score (nSPS) is 10.2. The number of anilines is 1. The Hall–Kier alpha value is -2.89. The van der Waals surface area contributed by atoms with Crippen molar-refractivity contribution in [1.29, 1.82) is 0 Å². The molecular formula is C22H19ClN2O2S. The molecule has 0 aliphatic heterocycles. The van der Waals surface area contributed by atoms with E-state index in [1.54, 1.807) is 42.5 Å². The summed E-state index contributed by atoms with van der Waals surface area (Å²) in [6, 6.07) is 24.2. The van der Waals surface area contributed by atoms with E-state index < -0.39 is 0 Å². The van der Waals surface area contributed by atoms with Crippen molar-refractivity contribution in [3.8, 4) is 5.75 Å². The van der Waals surface area contributed by atoms with Crippen LogP contribution in [0.1, 0.15) is 15.9 Å². The molecule has 0 saturated heterocycles. The number of carbonyl (C=O) groups excluding carboxylic acids is 1. The third kappa shape index (κ3) is 6.08. The molecule has 3 aromatic rings. The first-order valence-electron chi connectivity index (χ1n) is 8.75. The van der Waals surface area contributed by atoms with Crippen LogP contribution < -0.4 is 15.4 Å². The molecule has 1 amide bonds. The maximum absolute atomic E-state index is 12.3. The number of benzene rings is 3. The number of amides is 1. The van der Waals surface area contributed by atoms with Gasteiger partial charge in [-0.15, -0.1) is 0 Å². The third-order valence-electron chi connectivity index (χ3n) is 3.93. The molecule has 0 fully saturated rings. The first kappa shape index (κ1) is 19.9. The van der Waals surface area contributed by atoms with Crippen LogP contribution in [0.25, 0.3) is 0 Å². The number of hydrogen-bond donors (Lipinski definition) is 2. The van der Waals surface area contributed by atoms with E-state index in [-0.39, 0.29) is 11.0 Å². The van der Waals surface area contributed by atoms with Gasteiger partial charge in [0.15, 0.2) is 5.11 Å². The maximum atomic E-state index is 12.3. The molecule has 28 heavy (non-hydrogen) atoms. The Morgan fingerprint density at radius 3 is 2.43 bits per heavy atom. The van der Waals surface area contributed by atoms with Gasteiger partial charge in [0.05, 0.1) is 6.61 Å². The molecule has 0 unspecified atom stereocenters. The Bertz CT molecular complexity index is 946. The van der Waals surface area contributed by atoms with Crippen LogP contribution in [0.5, 0.6) is 5.75 Å². The van der Waals surface area contributed by atoms with Crippen molar-refractivity contribution in [2.75, 3.05) is 11.9 Å². The molecule has 0 spiro atoms. The van der Waals surface area contributed by atoms with Gasteiger partial charge in [-0.1, -0.05) is 48.0 Å². The van der Waals surface area contributed by atoms with Crippen molar-refractivity contribution >= 4 is 40.5 Å². The summed E-state index contributed by atoms with van der Waals surface area (Å²) in [5.41, 5.74) is 2.42. The maximum Gasteiger partial charge on any atom is 0.257 e. The Balaban J connectivity index is 1.48. The highest BCUT2D eigenvalue weighted by Crippen LogP contribution is 2.15. The SMILES string of the molecule is O=C(NC(=S)Nc1cccc(Cl)c1)c1ccc(OCCc2ccccc2)cc1. The van der Waals surface area contributed by atoms with E-state index in [1.807, 2.05) is 24.3 Å². The van der Waals surface area contributed by atoms with Crippen LogP contribution in [0, 0.1) is 0 Å². The molecule has 0 heterocycles. The van der Waals surface area contributed by atoms with Gasteiger partial charge in [0.1, 0.15) is 5.75 Å². The van der Waals surface area contributed by atoms with E-state index in [4.69, 9.17) is 28.6 Å². The van der Waals surface area contributed by atoms with E-state index in [0.717, 1.165) is 6.42 Å². The van der Waals surface area contributed by atoms with Gasteiger partial charge >= 0.3 is 0 Å². The number of carbonyl (C=O) groups is 1. The lowest BCUT2D eigenvalue weighted by atomic mass is 10.2. The molecule has 4 nitrogen and oxygen atoms in total. The Morgan fingerprint density at radius 1 is 0.964 bits per heavy atom. The summed E-state index contributed by atoms with van der Waals surface area (Å²) < 4.78 is 5.73.